The van der Waals surface area contributed by atoms with Crippen LogP contribution in [-0.2, 0) is 24.6 Å². The van der Waals surface area contributed by atoms with Gasteiger partial charge in [-0.1, -0.05) is 84.4 Å². The molecule has 2 fully saturated rings. The number of ether oxygens (including phenoxy) is 1. The Morgan fingerprint density at radius 2 is 1.53 bits per heavy atom. The number of phenols is 1. The van der Waals surface area contributed by atoms with E-state index in [0.29, 0.717) is 22.3 Å². The lowest BCUT2D eigenvalue weighted by Gasteiger charge is -2.55. The molecule has 1 saturated carbocycles. The van der Waals surface area contributed by atoms with Gasteiger partial charge in [0, 0.05) is 35.1 Å². The number of nitrogens with zero attached hydrogens (tertiary/aromatic N) is 2. The normalized spacial score (nSPS) is 26.8. The zero-order chi connectivity index (χ0) is 35.6. The average Bonchev–Trinajstić information content (AvgIpc) is 3.42. The van der Waals surface area contributed by atoms with E-state index in [2.05, 4.69) is 0 Å². The molecule has 0 spiro atoms. The smallest absolute Gasteiger partial charge is 0.269 e. The van der Waals surface area contributed by atoms with Gasteiger partial charge in [0.25, 0.3) is 5.69 Å². The molecule has 0 aromatic heterocycles. The van der Waals surface area contributed by atoms with Crippen molar-refractivity contribution in [1.82, 2.24) is 0 Å². The minimum absolute atomic E-state index is 0.102. The number of methoxy groups -OCH3 is 1. The van der Waals surface area contributed by atoms with Gasteiger partial charge >= 0.3 is 0 Å². The number of anilines is 1. The summed E-state index contributed by atoms with van der Waals surface area (Å²) in [4.78, 5) is 70.5. The number of Topliss-reactive ketones (excluding diaryl/α,β-unsaturated/α-hetero) is 1. The first-order chi connectivity index (χ1) is 24.7. The number of non-ortho nitro benzene ring substituents is 1. The van der Waals surface area contributed by atoms with Crippen molar-refractivity contribution in [3.63, 3.8) is 0 Å². The van der Waals surface area contributed by atoms with E-state index in [1.807, 2.05) is 42.5 Å². The summed E-state index contributed by atoms with van der Waals surface area (Å²) >= 11 is 0. The minimum atomic E-state index is -1.50. The van der Waals surface area contributed by atoms with Crippen molar-refractivity contribution < 1.29 is 33.9 Å². The van der Waals surface area contributed by atoms with Crippen molar-refractivity contribution >= 4 is 40.3 Å². The van der Waals surface area contributed by atoms with Gasteiger partial charge in [0.1, 0.15) is 0 Å². The van der Waals surface area contributed by atoms with Gasteiger partial charge in [-0.25, -0.2) is 0 Å². The number of nitro benzene ring substituents is 1. The van der Waals surface area contributed by atoms with Crippen molar-refractivity contribution in [2.75, 3.05) is 12.0 Å². The van der Waals surface area contributed by atoms with Crippen molar-refractivity contribution in [1.29, 1.82) is 0 Å². The van der Waals surface area contributed by atoms with Gasteiger partial charge in [-0.2, -0.15) is 0 Å². The molecule has 6 unspecified atom stereocenters. The fraction of sp³-hybridized carbons (Fsp3) is 0.220. The molecule has 254 valence electrons. The second kappa shape index (κ2) is 12.0. The van der Waals surface area contributed by atoms with Crippen molar-refractivity contribution in [2.24, 2.45) is 23.7 Å². The second-order valence-corrected chi connectivity index (χ2v) is 13.5. The molecule has 2 amide bonds. The predicted molar refractivity (Wildman–Crippen MR) is 187 cm³/mol. The molecule has 1 aliphatic heterocycles. The molecule has 10 nitrogen and oxygen atoms in total. The van der Waals surface area contributed by atoms with E-state index in [-0.39, 0.29) is 52.9 Å². The SMILES string of the molecule is COc1cccc(C2C3=CCC4C(=O)N(c5ccc([N+](=O)[O-])cc5)C(=O)C4C3CC3C(=O)C(c4ccccc4)=CC(=O)C32c2ccccc2)c1O. The molecule has 1 saturated heterocycles. The quantitative estimate of drug-likeness (QED) is 0.108. The number of amides is 2. The summed E-state index contributed by atoms with van der Waals surface area (Å²) in [5.74, 6) is -5.58. The summed E-state index contributed by atoms with van der Waals surface area (Å²) in [6, 6.07) is 28.4. The zero-order valence-corrected chi connectivity index (χ0v) is 27.5. The molecule has 0 radical (unpaired) electrons. The van der Waals surface area contributed by atoms with Crippen molar-refractivity contribution in [2.45, 2.75) is 24.2 Å². The Kier molecular flexibility index (Phi) is 7.55. The summed E-state index contributed by atoms with van der Waals surface area (Å²) in [5.41, 5.74) is 1.09. The van der Waals surface area contributed by atoms with Gasteiger partial charge in [0.05, 0.1) is 35.0 Å². The highest BCUT2D eigenvalue weighted by atomic mass is 16.6. The summed E-state index contributed by atoms with van der Waals surface area (Å²) in [7, 11) is 1.43. The molecule has 1 N–H and O–H groups in total. The summed E-state index contributed by atoms with van der Waals surface area (Å²) < 4.78 is 5.52. The van der Waals surface area contributed by atoms with Crippen molar-refractivity contribution in [3.8, 4) is 11.5 Å². The number of hydrogen-bond acceptors (Lipinski definition) is 8. The first kappa shape index (κ1) is 32.1. The third kappa shape index (κ3) is 4.62. The lowest BCUT2D eigenvalue weighted by atomic mass is 9.44. The number of nitro groups is 1. The van der Waals surface area contributed by atoms with Crippen LogP contribution in [0, 0.1) is 33.8 Å². The highest BCUT2D eigenvalue weighted by molar-refractivity contribution is 6.32. The van der Waals surface area contributed by atoms with Gasteiger partial charge in [-0.05, 0) is 54.2 Å². The third-order valence-electron chi connectivity index (χ3n) is 11.3. The van der Waals surface area contributed by atoms with Gasteiger partial charge in [0.2, 0.25) is 11.8 Å². The summed E-state index contributed by atoms with van der Waals surface area (Å²) in [5, 5.41) is 23.1. The predicted octanol–water partition coefficient (Wildman–Crippen LogP) is 6.34. The Bertz CT molecular complexity index is 2190. The van der Waals surface area contributed by atoms with Gasteiger partial charge < -0.3 is 9.84 Å². The standard InChI is InChI=1S/C41H32N2O8/c1-51-33-14-8-13-29(38(33)46)36-27-19-20-28-35(40(48)42(39(28)47)25-15-17-26(18-16-25)43(49)50)31(27)21-32-37(45)30(23-9-4-2-5-10-23)22-34(44)41(32,36)24-11-6-3-7-12-24/h2-19,22,28,31-32,35-36,46H,20-21H2,1H3. The van der Waals surface area contributed by atoms with Gasteiger partial charge in [-0.15, -0.1) is 0 Å². The maximum Gasteiger partial charge on any atom is 0.269 e. The Labute approximate surface area is 292 Å². The number of benzene rings is 4. The van der Waals surface area contributed by atoms with E-state index in [0.717, 1.165) is 4.90 Å². The van der Waals surface area contributed by atoms with Crippen LogP contribution in [0.3, 0.4) is 0 Å². The van der Waals surface area contributed by atoms with Crippen LogP contribution in [0.2, 0.25) is 0 Å². The van der Waals surface area contributed by atoms with Crippen LogP contribution in [0.1, 0.15) is 35.4 Å². The van der Waals surface area contributed by atoms with Crippen LogP contribution in [-0.4, -0.2) is 40.5 Å². The minimum Gasteiger partial charge on any atom is -0.504 e. The fourth-order valence-corrected chi connectivity index (χ4v) is 9.13. The van der Waals surface area contributed by atoms with Crippen LogP contribution in [0.5, 0.6) is 11.5 Å². The molecule has 4 aromatic rings. The highest BCUT2D eigenvalue weighted by Crippen LogP contribution is 2.65. The molecule has 0 bridgehead atoms. The van der Waals surface area contributed by atoms with Gasteiger partial charge in [-0.3, -0.25) is 34.2 Å². The van der Waals surface area contributed by atoms with Crippen LogP contribution in [0.4, 0.5) is 11.4 Å². The Morgan fingerprint density at radius 3 is 2.20 bits per heavy atom. The number of hydrogen-bond donors (Lipinski definition) is 1. The van der Waals surface area contributed by atoms with Crippen LogP contribution in [0.25, 0.3) is 5.57 Å². The number of carbonyl (C=O) groups excluding carboxylic acids is 4. The topological polar surface area (TPSA) is 144 Å². The fourth-order valence-electron chi connectivity index (χ4n) is 9.13. The van der Waals surface area contributed by atoms with E-state index < -0.39 is 51.7 Å². The lowest BCUT2D eigenvalue weighted by Crippen LogP contribution is -2.58. The lowest BCUT2D eigenvalue weighted by molar-refractivity contribution is -0.384. The monoisotopic (exact) mass is 680 g/mol. The maximum absolute atomic E-state index is 15.1. The molecule has 3 aliphatic carbocycles. The molecule has 6 atom stereocenters. The van der Waals surface area contributed by atoms with E-state index in [9.17, 15) is 24.8 Å². The maximum atomic E-state index is 15.1. The Morgan fingerprint density at radius 1 is 0.843 bits per heavy atom. The Balaban J connectivity index is 1.35. The summed E-state index contributed by atoms with van der Waals surface area (Å²) in [6.45, 7) is 0. The molecule has 4 aromatic carbocycles. The first-order valence-corrected chi connectivity index (χ1v) is 16.8. The first-order valence-electron chi connectivity index (χ1n) is 16.8. The molecule has 1 heterocycles. The number of phenolic OH excluding ortho intramolecular Hbond substituents is 1. The number of para-hydroxylation sites is 1. The molecule has 10 heteroatoms. The molecule has 51 heavy (non-hydrogen) atoms. The number of allylic oxidation sites excluding steroid dienone is 4. The van der Waals surface area contributed by atoms with Crippen LogP contribution in [0.15, 0.2) is 121 Å². The number of ketones is 2. The second-order valence-electron chi connectivity index (χ2n) is 13.5. The van der Waals surface area contributed by atoms with E-state index in [1.54, 1.807) is 42.5 Å². The highest BCUT2D eigenvalue weighted by Gasteiger charge is 2.66. The molecule has 4 aliphatic rings. The third-order valence-corrected chi connectivity index (χ3v) is 11.3. The number of carbonyl (C=O) groups is 4. The van der Waals surface area contributed by atoms with Gasteiger partial charge in [0.15, 0.2) is 23.1 Å². The number of aromatic hydroxyl groups is 1. The van der Waals surface area contributed by atoms with E-state index >= 15 is 9.59 Å². The average molecular weight is 681 g/mol. The molecular formula is C41H32N2O8. The summed E-state index contributed by atoms with van der Waals surface area (Å²) in [6.07, 6.45) is 3.63. The van der Waals surface area contributed by atoms with Crippen molar-refractivity contribution in [3.05, 3.63) is 148 Å². The van der Waals surface area contributed by atoms with E-state index in [4.69, 9.17) is 4.74 Å². The van der Waals surface area contributed by atoms with Crippen LogP contribution < -0.4 is 9.64 Å². The zero-order valence-electron chi connectivity index (χ0n) is 27.5. The van der Waals surface area contributed by atoms with Crippen LogP contribution >= 0.6 is 0 Å². The molecular weight excluding hydrogens is 648 g/mol. The number of rotatable bonds is 6. The number of imide groups is 1. The Hall–Kier alpha value is -6.16. The largest absolute Gasteiger partial charge is 0.504 e. The molecule has 8 rings (SSSR count). The number of fused-ring (bicyclic) bond motifs is 4. The van der Waals surface area contributed by atoms with E-state index in [1.165, 1.54) is 37.5 Å².